The normalized spacial score (nSPS) is 23.7. The van der Waals surface area contributed by atoms with Gasteiger partial charge in [-0.25, -0.2) is 18.1 Å². The number of sulfonamides is 1. The highest BCUT2D eigenvalue weighted by Gasteiger charge is 2.36. The van der Waals surface area contributed by atoms with Crippen LogP contribution in [0.4, 0.5) is 0 Å². The lowest BCUT2D eigenvalue weighted by molar-refractivity contribution is -0.141. The Balaban J connectivity index is 2.20. The van der Waals surface area contributed by atoms with Gasteiger partial charge in [-0.1, -0.05) is 6.42 Å². The Hall–Kier alpha value is -1.41. The molecule has 1 saturated carbocycles. The first-order valence-electron chi connectivity index (χ1n) is 6.06. The standard InChI is InChI=1S/C11H17N3O4S/c1-7-12-10(6-14(7)2)19(17,18)13-9-5-3-4-8(9)11(15)16/h6,8-9,13H,3-5H2,1-2H3,(H,15,16). The molecule has 1 fully saturated rings. The molecule has 0 radical (unpaired) electrons. The van der Waals surface area contributed by atoms with Crippen LogP contribution < -0.4 is 4.72 Å². The minimum absolute atomic E-state index is 0.0662. The lowest BCUT2D eigenvalue weighted by Gasteiger charge is -2.16. The summed E-state index contributed by atoms with van der Waals surface area (Å²) in [6.07, 6.45) is 3.18. The van der Waals surface area contributed by atoms with Crippen molar-refractivity contribution in [3.8, 4) is 0 Å². The van der Waals surface area contributed by atoms with Crippen molar-refractivity contribution in [2.24, 2.45) is 13.0 Å². The van der Waals surface area contributed by atoms with E-state index in [4.69, 9.17) is 5.11 Å². The molecular weight excluding hydrogens is 270 g/mol. The summed E-state index contributed by atoms with van der Waals surface area (Å²) in [5.41, 5.74) is 0. The van der Waals surface area contributed by atoms with Crippen LogP contribution in [-0.4, -0.2) is 35.1 Å². The van der Waals surface area contributed by atoms with Gasteiger partial charge in [0, 0.05) is 19.3 Å². The van der Waals surface area contributed by atoms with Gasteiger partial charge in [-0.3, -0.25) is 4.79 Å². The van der Waals surface area contributed by atoms with E-state index in [0.29, 0.717) is 25.1 Å². The Morgan fingerprint density at radius 2 is 2.21 bits per heavy atom. The second-order valence-electron chi connectivity index (χ2n) is 4.84. The van der Waals surface area contributed by atoms with Gasteiger partial charge in [-0.05, 0) is 19.8 Å². The molecule has 1 heterocycles. The van der Waals surface area contributed by atoms with Gasteiger partial charge in [-0.15, -0.1) is 0 Å². The minimum atomic E-state index is -3.76. The monoisotopic (exact) mass is 287 g/mol. The van der Waals surface area contributed by atoms with Crippen molar-refractivity contribution in [1.29, 1.82) is 0 Å². The lowest BCUT2D eigenvalue weighted by Crippen LogP contribution is -2.40. The Morgan fingerprint density at radius 3 is 2.74 bits per heavy atom. The molecule has 1 aromatic heterocycles. The molecule has 2 rings (SSSR count). The summed E-state index contributed by atoms with van der Waals surface area (Å²) in [7, 11) is -2.05. The number of hydrogen-bond donors (Lipinski definition) is 2. The zero-order valence-electron chi connectivity index (χ0n) is 10.8. The van der Waals surface area contributed by atoms with E-state index < -0.39 is 28.0 Å². The molecule has 0 spiro atoms. The molecule has 1 aliphatic rings. The fourth-order valence-electron chi connectivity index (χ4n) is 2.31. The molecule has 7 nitrogen and oxygen atoms in total. The first-order valence-corrected chi connectivity index (χ1v) is 7.54. The van der Waals surface area contributed by atoms with Crippen molar-refractivity contribution >= 4 is 16.0 Å². The second-order valence-corrected chi connectivity index (χ2v) is 6.50. The van der Waals surface area contributed by atoms with Crippen molar-refractivity contribution in [2.45, 2.75) is 37.3 Å². The number of hydrogen-bond acceptors (Lipinski definition) is 4. The number of aliphatic carboxylic acids is 1. The van der Waals surface area contributed by atoms with E-state index in [2.05, 4.69) is 9.71 Å². The van der Waals surface area contributed by atoms with E-state index in [0.717, 1.165) is 0 Å². The molecular formula is C11H17N3O4S. The smallest absolute Gasteiger partial charge is 0.308 e. The molecule has 8 heteroatoms. The van der Waals surface area contributed by atoms with Crippen LogP contribution in [0.1, 0.15) is 25.1 Å². The molecule has 0 bridgehead atoms. The van der Waals surface area contributed by atoms with Crippen LogP contribution in [0.15, 0.2) is 11.2 Å². The van der Waals surface area contributed by atoms with Crippen LogP contribution in [0, 0.1) is 12.8 Å². The van der Waals surface area contributed by atoms with Gasteiger partial charge in [0.1, 0.15) is 5.82 Å². The molecule has 0 aromatic carbocycles. The van der Waals surface area contributed by atoms with Crippen LogP contribution in [0.5, 0.6) is 0 Å². The van der Waals surface area contributed by atoms with Gasteiger partial charge in [0.05, 0.1) is 5.92 Å². The third-order valence-corrected chi connectivity index (χ3v) is 4.86. The zero-order chi connectivity index (χ0) is 14.2. The Bertz CT molecular complexity index is 574. The molecule has 1 aromatic rings. The predicted molar refractivity (Wildman–Crippen MR) is 67.0 cm³/mol. The first kappa shape index (κ1) is 14.0. The lowest BCUT2D eigenvalue weighted by atomic mass is 10.1. The second kappa shape index (κ2) is 4.93. The molecule has 2 unspecified atom stereocenters. The highest BCUT2D eigenvalue weighted by molar-refractivity contribution is 7.89. The number of aryl methyl sites for hydroxylation is 2. The quantitative estimate of drug-likeness (QED) is 0.827. The number of carboxylic acids is 1. The highest BCUT2D eigenvalue weighted by atomic mass is 32.2. The molecule has 0 saturated heterocycles. The first-order chi connectivity index (χ1) is 8.81. The summed E-state index contributed by atoms with van der Waals surface area (Å²) >= 11 is 0. The maximum atomic E-state index is 12.1. The molecule has 2 N–H and O–H groups in total. The van der Waals surface area contributed by atoms with Gasteiger partial charge >= 0.3 is 5.97 Å². The predicted octanol–water partition coefficient (Wildman–Crippen LogP) is 0.260. The highest BCUT2D eigenvalue weighted by Crippen LogP contribution is 2.27. The fraction of sp³-hybridized carbons (Fsp3) is 0.636. The molecule has 0 aliphatic heterocycles. The summed E-state index contributed by atoms with van der Waals surface area (Å²) in [6.45, 7) is 1.70. The summed E-state index contributed by atoms with van der Waals surface area (Å²) in [5, 5.41) is 8.98. The number of nitrogens with zero attached hydrogens (tertiary/aromatic N) is 2. The van der Waals surface area contributed by atoms with Crippen LogP contribution in [0.2, 0.25) is 0 Å². The number of rotatable bonds is 4. The molecule has 2 atom stereocenters. The molecule has 0 amide bonds. The van der Waals surface area contributed by atoms with Crippen LogP contribution in [0.25, 0.3) is 0 Å². The Morgan fingerprint density at radius 1 is 1.53 bits per heavy atom. The third kappa shape index (κ3) is 2.79. The number of aromatic nitrogens is 2. The fourth-order valence-corrected chi connectivity index (χ4v) is 3.66. The van der Waals surface area contributed by atoms with Gasteiger partial charge in [-0.2, -0.15) is 0 Å². The zero-order valence-corrected chi connectivity index (χ0v) is 11.6. The van der Waals surface area contributed by atoms with E-state index in [1.165, 1.54) is 6.20 Å². The van der Waals surface area contributed by atoms with E-state index in [9.17, 15) is 13.2 Å². The SMILES string of the molecule is Cc1nc(S(=O)(=O)NC2CCCC2C(=O)O)cn1C. The van der Waals surface area contributed by atoms with Gasteiger partial charge in [0.2, 0.25) is 0 Å². The van der Waals surface area contributed by atoms with Crippen molar-refractivity contribution in [3.63, 3.8) is 0 Å². The van der Waals surface area contributed by atoms with E-state index >= 15 is 0 Å². The van der Waals surface area contributed by atoms with E-state index in [1.807, 2.05) is 0 Å². The summed E-state index contributed by atoms with van der Waals surface area (Å²) in [4.78, 5) is 15.0. The number of carbonyl (C=O) groups is 1. The van der Waals surface area contributed by atoms with E-state index in [1.54, 1.807) is 18.5 Å². The summed E-state index contributed by atoms with van der Waals surface area (Å²) in [6, 6.07) is -0.551. The van der Waals surface area contributed by atoms with Gasteiger partial charge in [0.15, 0.2) is 5.03 Å². The van der Waals surface area contributed by atoms with Gasteiger partial charge in [0.25, 0.3) is 10.0 Å². The van der Waals surface area contributed by atoms with Crippen molar-refractivity contribution in [3.05, 3.63) is 12.0 Å². The van der Waals surface area contributed by atoms with Crippen LogP contribution >= 0.6 is 0 Å². The molecule has 106 valence electrons. The van der Waals surface area contributed by atoms with Crippen molar-refractivity contribution < 1.29 is 18.3 Å². The topological polar surface area (TPSA) is 101 Å². The Labute approximate surface area is 111 Å². The van der Waals surface area contributed by atoms with Crippen LogP contribution in [-0.2, 0) is 21.9 Å². The number of carboxylic acid groups (broad SMARTS) is 1. The van der Waals surface area contributed by atoms with Crippen LogP contribution in [0.3, 0.4) is 0 Å². The number of imidazole rings is 1. The maximum Gasteiger partial charge on any atom is 0.308 e. The molecule has 1 aliphatic carbocycles. The minimum Gasteiger partial charge on any atom is -0.481 e. The average Bonchev–Trinajstić information content (AvgIpc) is 2.87. The molecule has 19 heavy (non-hydrogen) atoms. The van der Waals surface area contributed by atoms with Crippen molar-refractivity contribution in [2.75, 3.05) is 0 Å². The summed E-state index contributed by atoms with van der Waals surface area (Å²) < 4.78 is 28.4. The number of nitrogens with one attached hydrogen (secondary N) is 1. The maximum absolute atomic E-state index is 12.1. The summed E-state index contributed by atoms with van der Waals surface area (Å²) in [5.74, 6) is -1.02. The van der Waals surface area contributed by atoms with Crippen molar-refractivity contribution in [1.82, 2.24) is 14.3 Å². The third-order valence-electron chi connectivity index (χ3n) is 3.50. The Kier molecular flexibility index (Phi) is 3.64. The largest absolute Gasteiger partial charge is 0.481 e. The van der Waals surface area contributed by atoms with E-state index in [-0.39, 0.29) is 5.03 Å². The average molecular weight is 287 g/mol. The van der Waals surface area contributed by atoms with Gasteiger partial charge < -0.3 is 9.67 Å².